The number of ether oxygens (including phenoxy) is 1. The summed E-state index contributed by atoms with van der Waals surface area (Å²) in [5, 5.41) is 2.96. The predicted molar refractivity (Wildman–Crippen MR) is 89.7 cm³/mol. The molecular formula is C18H24N2O3. The summed E-state index contributed by atoms with van der Waals surface area (Å²) in [4.78, 5) is 14.4. The number of amides is 1. The average Bonchev–Trinajstić information content (AvgIpc) is 3.07. The molecule has 1 N–H and O–H groups in total. The Morgan fingerprint density at radius 2 is 2.13 bits per heavy atom. The van der Waals surface area contributed by atoms with Crippen molar-refractivity contribution < 1.29 is 13.9 Å². The molecule has 0 fully saturated rings. The molecular weight excluding hydrogens is 292 g/mol. The highest BCUT2D eigenvalue weighted by atomic mass is 16.5. The molecule has 0 aliphatic heterocycles. The summed E-state index contributed by atoms with van der Waals surface area (Å²) >= 11 is 0. The van der Waals surface area contributed by atoms with Crippen LogP contribution in [0.15, 0.2) is 47.1 Å². The van der Waals surface area contributed by atoms with Gasteiger partial charge in [0.1, 0.15) is 11.5 Å². The van der Waals surface area contributed by atoms with Crippen LogP contribution in [0.5, 0.6) is 5.75 Å². The lowest BCUT2D eigenvalue weighted by molar-refractivity contribution is 0.0938. The van der Waals surface area contributed by atoms with E-state index in [-0.39, 0.29) is 11.9 Å². The number of benzene rings is 1. The average molecular weight is 316 g/mol. The van der Waals surface area contributed by atoms with Gasteiger partial charge in [0.25, 0.3) is 5.91 Å². The second-order valence-corrected chi connectivity index (χ2v) is 5.58. The zero-order chi connectivity index (χ0) is 16.7. The lowest BCUT2D eigenvalue weighted by atomic mass is 10.1. The molecule has 23 heavy (non-hydrogen) atoms. The zero-order valence-electron chi connectivity index (χ0n) is 13.9. The minimum Gasteiger partial charge on any atom is -0.494 e. The van der Waals surface area contributed by atoms with Gasteiger partial charge in [0, 0.05) is 12.1 Å². The lowest BCUT2D eigenvalue weighted by Gasteiger charge is -2.22. The third-order valence-electron chi connectivity index (χ3n) is 3.52. The van der Waals surface area contributed by atoms with Gasteiger partial charge in [0.05, 0.1) is 18.9 Å². The van der Waals surface area contributed by atoms with Crippen LogP contribution in [0.1, 0.15) is 35.5 Å². The highest BCUT2D eigenvalue weighted by molar-refractivity contribution is 5.94. The molecule has 1 aromatic heterocycles. The Kier molecular flexibility index (Phi) is 6.23. The van der Waals surface area contributed by atoms with Gasteiger partial charge in [0.15, 0.2) is 0 Å². The van der Waals surface area contributed by atoms with Crippen molar-refractivity contribution in [3.8, 4) is 5.75 Å². The van der Waals surface area contributed by atoms with Gasteiger partial charge in [0.2, 0.25) is 0 Å². The third-order valence-corrected chi connectivity index (χ3v) is 3.52. The molecule has 0 bridgehead atoms. The first-order valence-corrected chi connectivity index (χ1v) is 7.82. The van der Waals surface area contributed by atoms with E-state index in [0.717, 1.165) is 17.9 Å². The van der Waals surface area contributed by atoms with E-state index in [1.165, 1.54) is 0 Å². The Morgan fingerprint density at radius 1 is 1.30 bits per heavy atom. The van der Waals surface area contributed by atoms with Gasteiger partial charge >= 0.3 is 0 Å². The number of rotatable bonds is 8. The molecule has 1 amide bonds. The van der Waals surface area contributed by atoms with Crippen LogP contribution >= 0.6 is 0 Å². The number of likely N-dealkylation sites (N-methyl/N-ethyl adjacent to an activating group) is 1. The molecule has 5 nitrogen and oxygen atoms in total. The summed E-state index contributed by atoms with van der Waals surface area (Å²) in [6, 6.07) is 11.0. The molecule has 0 spiro atoms. The van der Waals surface area contributed by atoms with Crippen molar-refractivity contribution in [2.45, 2.75) is 19.4 Å². The first-order valence-electron chi connectivity index (χ1n) is 7.82. The molecule has 124 valence electrons. The minimum absolute atomic E-state index is 0.00604. The molecule has 0 saturated carbocycles. The summed E-state index contributed by atoms with van der Waals surface area (Å²) in [6.07, 6.45) is 2.58. The van der Waals surface area contributed by atoms with Crippen LogP contribution in [0.2, 0.25) is 0 Å². The van der Waals surface area contributed by atoms with Crippen LogP contribution < -0.4 is 10.1 Å². The van der Waals surface area contributed by atoms with Crippen LogP contribution in [0.25, 0.3) is 0 Å². The van der Waals surface area contributed by atoms with Crippen molar-refractivity contribution >= 4 is 5.91 Å². The largest absolute Gasteiger partial charge is 0.494 e. The van der Waals surface area contributed by atoms with E-state index in [4.69, 9.17) is 9.15 Å². The van der Waals surface area contributed by atoms with Crippen LogP contribution in [-0.4, -0.2) is 38.1 Å². The summed E-state index contributed by atoms with van der Waals surface area (Å²) < 4.78 is 11.0. The summed E-state index contributed by atoms with van der Waals surface area (Å²) in [7, 11) is 3.91. The van der Waals surface area contributed by atoms with Gasteiger partial charge in [-0.1, -0.05) is 13.0 Å². The molecule has 1 heterocycles. The number of carbonyl (C=O) groups excluding carboxylic acids is 1. The van der Waals surface area contributed by atoms with Crippen LogP contribution in [0.3, 0.4) is 0 Å². The van der Waals surface area contributed by atoms with Crippen LogP contribution in [0.4, 0.5) is 0 Å². The molecule has 1 unspecified atom stereocenters. The van der Waals surface area contributed by atoms with E-state index in [0.29, 0.717) is 18.7 Å². The third kappa shape index (κ3) is 4.86. The van der Waals surface area contributed by atoms with Crippen molar-refractivity contribution in [1.29, 1.82) is 0 Å². The number of nitrogens with one attached hydrogen (secondary N) is 1. The normalized spacial score (nSPS) is 12.2. The van der Waals surface area contributed by atoms with Crippen molar-refractivity contribution in [3.63, 3.8) is 0 Å². The Morgan fingerprint density at radius 3 is 2.78 bits per heavy atom. The highest BCUT2D eigenvalue weighted by Crippen LogP contribution is 2.18. The van der Waals surface area contributed by atoms with E-state index >= 15 is 0 Å². The van der Waals surface area contributed by atoms with E-state index in [2.05, 4.69) is 5.32 Å². The smallest absolute Gasteiger partial charge is 0.251 e. The summed E-state index contributed by atoms with van der Waals surface area (Å²) in [5.74, 6) is 1.43. The maximum atomic E-state index is 12.4. The van der Waals surface area contributed by atoms with E-state index in [1.807, 2.05) is 50.2 Å². The molecule has 0 saturated heterocycles. The number of hydrogen-bond donors (Lipinski definition) is 1. The molecule has 2 aromatic rings. The fourth-order valence-corrected chi connectivity index (χ4v) is 2.26. The SMILES string of the molecule is CCCOc1cccc(C(=O)NCC(c2ccco2)N(C)C)c1. The molecule has 2 rings (SSSR count). The van der Waals surface area contributed by atoms with Gasteiger partial charge < -0.3 is 14.5 Å². The Hall–Kier alpha value is -2.27. The van der Waals surface area contributed by atoms with Crippen molar-refractivity contribution in [3.05, 3.63) is 54.0 Å². The van der Waals surface area contributed by atoms with E-state index in [1.54, 1.807) is 18.4 Å². The van der Waals surface area contributed by atoms with Crippen LogP contribution in [-0.2, 0) is 0 Å². The molecule has 0 aliphatic rings. The maximum Gasteiger partial charge on any atom is 0.251 e. The Labute approximate surface area is 137 Å². The first kappa shape index (κ1) is 17.1. The quantitative estimate of drug-likeness (QED) is 0.813. The first-order chi connectivity index (χ1) is 11.1. The minimum atomic E-state index is -0.120. The van der Waals surface area contributed by atoms with Gasteiger partial charge in [-0.2, -0.15) is 0 Å². The molecule has 1 aromatic carbocycles. The van der Waals surface area contributed by atoms with Gasteiger partial charge in [-0.3, -0.25) is 9.69 Å². The maximum absolute atomic E-state index is 12.4. The number of carbonyl (C=O) groups is 1. The second kappa shape index (κ2) is 8.39. The Balaban J connectivity index is 1.98. The van der Waals surface area contributed by atoms with Gasteiger partial charge in [-0.05, 0) is 50.8 Å². The van der Waals surface area contributed by atoms with E-state index < -0.39 is 0 Å². The molecule has 0 aliphatic carbocycles. The lowest BCUT2D eigenvalue weighted by Crippen LogP contribution is -2.34. The fraction of sp³-hybridized carbons (Fsp3) is 0.389. The highest BCUT2D eigenvalue weighted by Gasteiger charge is 2.18. The predicted octanol–water partition coefficient (Wildman–Crippen LogP) is 3.10. The summed E-state index contributed by atoms with van der Waals surface area (Å²) in [6.45, 7) is 3.16. The molecule has 5 heteroatoms. The zero-order valence-corrected chi connectivity index (χ0v) is 13.9. The van der Waals surface area contributed by atoms with Gasteiger partial charge in [-0.25, -0.2) is 0 Å². The van der Waals surface area contributed by atoms with E-state index in [9.17, 15) is 4.79 Å². The topological polar surface area (TPSA) is 54.7 Å². The Bertz CT molecular complexity index is 608. The molecule has 1 atom stereocenters. The monoisotopic (exact) mass is 316 g/mol. The van der Waals surface area contributed by atoms with Gasteiger partial charge in [-0.15, -0.1) is 0 Å². The standard InChI is InChI=1S/C18H24N2O3/c1-4-10-22-15-8-5-7-14(12-15)18(21)19-13-16(20(2)3)17-9-6-11-23-17/h5-9,11-12,16H,4,10,13H2,1-3H3,(H,19,21). The molecule has 0 radical (unpaired) electrons. The number of furan rings is 1. The van der Waals surface area contributed by atoms with Crippen molar-refractivity contribution in [2.24, 2.45) is 0 Å². The van der Waals surface area contributed by atoms with Crippen LogP contribution in [0, 0.1) is 0 Å². The second-order valence-electron chi connectivity index (χ2n) is 5.58. The number of hydrogen-bond acceptors (Lipinski definition) is 4. The number of nitrogens with zero attached hydrogens (tertiary/aromatic N) is 1. The summed E-state index contributed by atoms with van der Waals surface area (Å²) in [5.41, 5.74) is 0.593. The van der Waals surface area contributed by atoms with Crippen molar-refractivity contribution in [2.75, 3.05) is 27.2 Å². The van der Waals surface area contributed by atoms with Crippen molar-refractivity contribution in [1.82, 2.24) is 10.2 Å². The fourth-order valence-electron chi connectivity index (χ4n) is 2.26.